The zero-order chi connectivity index (χ0) is 19.1. The van der Waals surface area contributed by atoms with Gasteiger partial charge in [0.1, 0.15) is 23.6 Å². The Kier molecular flexibility index (Phi) is 4.90. The average Bonchev–Trinajstić information content (AvgIpc) is 3.16. The highest BCUT2D eigenvalue weighted by atomic mass is 19.1. The van der Waals surface area contributed by atoms with Crippen molar-refractivity contribution >= 4 is 12.0 Å². The van der Waals surface area contributed by atoms with Crippen molar-refractivity contribution in [1.29, 1.82) is 0 Å². The Balaban J connectivity index is 1.62. The van der Waals surface area contributed by atoms with Crippen molar-refractivity contribution in [2.24, 2.45) is 0 Å². The van der Waals surface area contributed by atoms with Crippen LogP contribution >= 0.6 is 0 Å². The maximum absolute atomic E-state index is 13.8. The smallest absolute Gasteiger partial charge is 0.411 e. The van der Waals surface area contributed by atoms with Crippen LogP contribution in [0.1, 0.15) is 45.1 Å². The highest BCUT2D eigenvalue weighted by Gasteiger charge is 2.46. The number of nitrogens with one attached hydrogen (secondary N) is 1. The number of carbonyl (C=O) groups excluding carboxylic acids is 2. The molecule has 0 bridgehead atoms. The van der Waals surface area contributed by atoms with Crippen LogP contribution in [-0.4, -0.2) is 47.3 Å². The molecule has 4 atom stereocenters. The molecule has 1 N–H and O–H groups in total. The fourth-order valence-corrected chi connectivity index (χ4v) is 3.31. The molecule has 1 aliphatic carbocycles. The van der Waals surface area contributed by atoms with Crippen LogP contribution in [0.25, 0.3) is 0 Å². The summed E-state index contributed by atoms with van der Waals surface area (Å²) in [5, 5.41) is 2.82. The predicted octanol–water partition coefficient (Wildman–Crippen LogP) is 3.15. The zero-order valence-corrected chi connectivity index (χ0v) is 15.2. The minimum atomic E-state index is -1.26. The van der Waals surface area contributed by atoms with E-state index in [0.29, 0.717) is 12.0 Å². The Bertz CT molecular complexity index is 704. The highest BCUT2D eigenvalue weighted by Crippen LogP contribution is 2.42. The molecule has 7 heteroatoms. The van der Waals surface area contributed by atoms with Gasteiger partial charge in [0.25, 0.3) is 0 Å². The van der Waals surface area contributed by atoms with Crippen molar-refractivity contribution in [3.63, 3.8) is 0 Å². The second-order valence-electron chi connectivity index (χ2n) is 7.96. The van der Waals surface area contributed by atoms with Crippen molar-refractivity contribution in [2.75, 3.05) is 6.54 Å². The second-order valence-corrected chi connectivity index (χ2v) is 7.96. The number of carbonyl (C=O) groups is 2. The standard InChI is InChI=1S/C19H24F2N2O3/c1-19(2,3)26-18(25)23-10-11(20)8-16(23)17(24)22-15-9-13(15)12-6-4-5-7-14(12)21/h4-7,11,13,15-16H,8-10H2,1-3H3,(H,22,24)/t11-,13+,15-,16+/m1/s1. The number of likely N-dealkylation sites (tertiary alicyclic amines) is 1. The van der Waals surface area contributed by atoms with E-state index in [2.05, 4.69) is 5.32 Å². The number of rotatable bonds is 3. The first-order valence-corrected chi connectivity index (χ1v) is 8.84. The quantitative estimate of drug-likeness (QED) is 0.894. The van der Waals surface area contributed by atoms with Crippen molar-refractivity contribution in [3.05, 3.63) is 35.6 Å². The molecular formula is C19H24F2N2O3. The third-order valence-corrected chi connectivity index (χ3v) is 4.60. The first kappa shape index (κ1) is 18.6. The molecule has 2 fully saturated rings. The van der Waals surface area contributed by atoms with Crippen molar-refractivity contribution in [2.45, 2.75) is 63.4 Å². The summed E-state index contributed by atoms with van der Waals surface area (Å²) >= 11 is 0. The maximum atomic E-state index is 13.8. The van der Waals surface area contributed by atoms with Crippen LogP contribution in [0.5, 0.6) is 0 Å². The Morgan fingerprint density at radius 3 is 2.58 bits per heavy atom. The molecule has 1 aromatic rings. The second kappa shape index (κ2) is 6.85. The SMILES string of the molecule is CC(C)(C)OC(=O)N1C[C@H](F)C[C@H]1C(=O)N[C@@H]1C[C@H]1c1ccccc1F. The number of amides is 2. The van der Waals surface area contributed by atoms with Gasteiger partial charge in [-0.15, -0.1) is 0 Å². The van der Waals surface area contributed by atoms with Crippen LogP contribution in [-0.2, 0) is 9.53 Å². The summed E-state index contributed by atoms with van der Waals surface area (Å²) in [6, 6.07) is 5.37. The largest absolute Gasteiger partial charge is 0.444 e. The van der Waals surface area contributed by atoms with Crippen LogP contribution in [0.3, 0.4) is 0 Å². The number of benzene rings is 1. The minimum Gasteiger partial charge on any atom is -0.444 e. The van der Waals surface area contributed by atoms with Gasteiger partial charge >= 0.3 is 6.09 Å². The number of alkyl halides is 1. The first-order chi connectivity index (χ1) is 12.2. The van der Waals surface area contributed by atoms with E-state index in [4.69, 9.17) is 4.74 Å². The molecule has 26 heavy (non-hydrogen) atoms. The third kappa shape index (κ3) is 4.14. The van der Waals surface area contributed by atoms with E-state index in [0.717, 1.165) is 4.90 Å². The summed E-state index contributed by atoms with van der Waals surface area (Å²) in [7, 11) is 0. The normalized spacial score (nSPS) is 28.0. The topological polar surface area (TPSA) is 58.6 Å². The maximum Gasteiger partial charge on any atom is 0.411 e. The van der Waals surface area contributed by atoms with Crippen molar-refractivity contribution in [1.82, 2.24) is 10.2 Å². The van der Waals surface area contributed by atoms with Gasteiger partial charge < -0.3 is 10.1 Å². The summed E-state index contributed by atoms with van der Waals surface area (Å²) in [4.78, 5) is 26.0. The zero-order valence-electron chi connectivity index (χ0n) is 15.2. The van der Waals surface area contributed by atoms with Gasteiger partial charge in [0.2, 0.25) is 5.91 Å². The van der Waals surface area contributed by atoms with Crippen LogP contribution < -0.4 is 5.32 Å². The fraction of sp³-hybridized carbons (Fsp3) is 0.579. The molecular weight excluding hydrogens is 342 g/mol. The van der Waals surface area contributed by atoms with Gasteiger partial charge in [0.15, 0.2) is 0 Å². The lowest BCUT2D eigenvalue weighted by Gasteiger charge is -2.27. The van der Waals surface area contributed by atoms with Crippen LogP contribution in [0.15, 0.2) is 24.3 Å². The summed E-state index contributed by atoms with van der Waals surface area (Å²) in [6.07, 6.45) is -1.38. The summed E-state index contributed by atoms with van der Waals surface area (Å²) in [5.41, 5.74) is -0.157. The number of halogens is 2. The molecule has 0 radical (unpaired) electrons. The number of hydrogen-bond donors (Lipinski definition) is 1. The van der Waals surface area contributed by atoms with Crippen LogP contribution in [0.2, 0.25) is 0 Å². The molecule has 2 amide bonds. The Labute approximate surface area is 151 Å². The Morgan fingerprint density at radius 1 is 1.23 bits per heavy atom. The van der Waals surface area contributed by atoms with E-state index in [-0.39, 0.29) is 30.7 Å². The average molecular weight is 366 g/mol. The lowest BCUT2D eigenvalue weighted by atomic mass is 10.1. The molecule has 0 aromatic heterocycles. The number of ether oxygens (including phenoxy) is 1. The van der Waals surface area contributed by atoms with Gasteiger partial charge in [-0.3, -0.25) is 9.69 Å². The Hall–Kier alpha value is -2.18. The van der Waals surface area contributed by atoms with E-state index in [1.807, 2.05) is 0 Å². The molecule has 0 spiro atoms. The van der Waals surface area contributed by atoms with E-state index in [9.17, 15) is 18.4 Å². The molecule has 1 aliphatic heterocycles. The minimum absolute atomic E-state index is 0.0534. The van der Waals surface area contributed by atoms with Gasteiger partial charge in [0, 0.05) is 18.4 Å². The van der Waals surface area contributed by atoms with Crippen LogP contribution in [0, 0.1) is 5.82 Å². The fourth-order valence-electron chi connectivity index (χ4n) is 3.31. The predicted molar refractivity (Wildman–Crippen MR) is 91.9 cm³/mol. The lowest BCUT2D eigenvalue weighted by molar-refractivity contribution is -0.125. The lowest BCUT2D eigenvalue weighted by Crippen LogP contribution is -2.48. The van der Waals surface area contributed by atoms with E-state index >= 15 is 0 Å². The van der Waals surface area contributed by atoms with E-state index in [1.54, 1.807) is 39.0 Å². The van der Waals surface area contributed by atoms with Crippen molar-refractivity contribution in [3.8, 4) is 0 Å². The third-order valence-electron chi connectivity index (χ3n) is 4.60. The molecule has 0 unspecified atom stereocenters. The van der Waals surface area contributed by atoms with Gasteiger partial charge in [-0.2, -0.15) is 0 Å². The summed E-state index contributed by atoms with van der Waals surface area (Å²) in [6.45, 7) is 4.99. The first-order valence-electron chi connectivity index (χ1n) is 8.84. The van der Waals surface area contributed by atoms with Gasteiger partial charge in [0.05, 0.1) is 6.54 Å². The number of hydrogen-bond acceptors (Lipinski definition) is 3. The number of nitrogens with zero attached hydrogens (tertiary/aromatic N) is 1. The van der Waals surface area contributed by atoms with Gasteiger partial charge in [-0.1, -0.05) is 18.2 Å². The summed E-state index contributed by atoms with van der Waals surface area (Å²) in [5.74, 6) is -0.799. The molecule has 1 heterocycles. The molecule has 1 saturated carbocycles. The molecule has 1 aromatic carbocycles. The molecule has 142 valence electrons. The molecule has 5 nitrogen and oxygen atoms in total. The summed E-state index contributed by atoms with van der Waals surface area (Å²) < 4.78 is 33.0. The van der Waals surface area contributed by atoms with Gasteiger partial charge in [-0.25, -0.2) is 13.6 Å². The van der Waals surface area contributed by atoms with Crippen LogP contribution in [0.4, 0.5) is 13.6 Å². The molecule has 1 saturated heterocycles. The van der Waals surface area contributed by atoms with E-state index in [1.165, 1.54) is 6.07 Å². The monoisotopic (exact) mass is 366 g/mol. The van der Waals surface area contributed by atoms with Gasteiger partial charge in [-0.05, 0) is 38.8 Å². The van der Waals surface area contributed by atoms with E-state index < -0.39 is 29.8 Å². The Morgan fingerprint density at radius 2 is 1.92 bits per heavy atom. The van der Waals surface area contributed by atoms with Crippen molar-refractivity contribution < 1.29 is 23.1 Å². The highest BCUT2D eigenvalue weighted by molar-refractivity contribution is 5.87. The molecule has 3 rings (SSSR count). The molecule has 2 aliphatic rings.